The SMILES string of the molecule is [2H]C([2H])([2H])c1ncc2ccc(-c3cnc(NC(=O)C4COCCO4)s3)cc2n1. The molecule has 0 spiro atoms. The Hall–Kier alpha value is -2.42. The molecule has 3 aromatic rings. The first-order valence-corrected chi connectivity index (χ1v) is 8.45. The number of aryl methyl sites for hydroxylation is 1. The molecule has 0 radical (unpaired) electrons. The van der Waals surface area contributed by atoms with E-state index in [1.54, 1.807) is 12.3 Å². The summed E-state index contributed by atoms with van der Waals surface area (Å²) >= 11 is 1.30. The van der Waals surface area contributed by atoms with E-state index in [0.29, 0.717) is 23.9 Å². The van der Waals surface area contributed by atoms with Gasteiger partial charge in [-0.05, 0) is 18.5 Å². The van der Waals surface area contributed by atoms with Gasteiger partial charge in [0.1, 0.15) is 5.82 Å². The Labute approximate surface area is 152 Å². The van der Waals surface area contributed by atoms with Crippen LogP contribution in [0.5, 0.6) is 0 Å². The summed E-state index contributed by atoms with van der Waals surface area (Å²) in [5, 5.41) is 3.92. The highest BCUT2D eigenvalue weighted by Gasteiger charge is 2.23. The van der Waals surface area contributed by atoms with Gasteiger partial charge in [-0.1, -0.05) is 23.5 Å². The standard InChI is InChI=1S/C17H16N4O3S/c1-10-18-7-12-3-2-11(6-13(12)20-10)15-8-19-17(25-15)21-16(22)14-9-23-4-5-24-14/h2-3,6-8,14H,4-5,9H2,1H3,(H,19,21,22)/i1D3. The summed E-state index contributed by atoms with van der Waals surface area (Å²) in [7, 11) is 0. The number of carbonyl (C=O) groups excluding carboxylic acids is 1. The number of nitrogens with zero attached hydrogens (tertiary/aromatic N) is 3. The zero-order valence-corrected chi connectivity index (χ0v) is 13.9. The first kappa shape index (κ1) is 12.9. The summed E-state index contributed by atoms with van der Waals surface area (Å²) in [5.74, 6) is -0.488. The highest BCUT2D eigenvalue weighted by atomic mass is 32.1. The van der Waals surface area contributed by atoms with E-state index in [1.807, 2.05) is 12.1 Å². The van der Waals surface area contributed by atoms with Crippen LogP contribution in [0.2, 0.25) is 0 Å². The minimum Gasteiger partial charge on any atom is -0.376 e. The fourth-order valence-electron chi connectivity index (χ4n) is 2.47. The van der Waals surface area contributed by atoms with Crippen molar-refractivity contribution < 1.29 is 18.4 Å². The van der Waals surface area contributed by atoms with Gasteiger partial charge in [-0.3, -0.25) is 10.1 Å². The molecule has 8 heteroatoms. The second-order valence-electron chi connectivity index (χ2n) is 5.42. The maximum atomic E-state index is 12.2. The summed E-state index contributed by atoms with van der Waals surface area (Å²) in [5.41, 5.74) is 1.35. The van der Waals surface area contributed by atoms with Crippen LogP contribution in [0.3, 0.4) is 0 Å². The van der Waals surface area contributed by atoms with Crippen LogP contribution in [0.1, 0.15) is 9.94 Å². The maximum Gasteiger partial charge on any atom is 0.257 e. The van der Waals surface area contributed by atoms with Gasteiger partial charge in [0, 0.05) is 21.9 Å². The van der Waals surface area contributed by atoms with E-state index in [2.05, 4.69) is 20.3 Å². The molecule has 7 nitrogen and oxygen atoms in total. The predicted octanol–water partition coefficient (Wildman–Crippen LogP) is 2.42. The van der Waals surface area contributed by atoms with E-state index in [4.69, 9.17) is 13.6 Å². The number of hydrogen-bond acceptors (Lipinski definition) is 7. The summed E-state index contributed by atoms with van der Waals surface area (Å²) in [4.78, 5) is 25.3. The number of nitrogens with one attached hydrogen (secondary N) is 1. The minimum absolute atomic E-state index is 0.191. The molecule has 0 bridgehead atoms. The van der Waals surface area contributed by atoms with Crippen LogP contribution in [0.4, 0.5) is 5.13 Å². The van der Waals surface area contributed by atoms with Gasteiger partial charge in [-0.2, -0.15) is 0 Å². The summed E-state index contributed by atoms with van der Waals surface area (Å²) in [6.07, 6.45) is 2.50. The van der Waals surface area contributed by atoms with Gasteiger partial charge in [0.05, 0.1) is 30.2 Å². The third-order valence-corrected chi connectivity index (χ3v) is 4.67. The lowest BCUT2D eigenvalue weighted by Crippen LogP contribution is -2.39. The van der Waals surface area contributed by atoms with Crippen LogP contribution in [-0.2, 0) is 14.3 Å². The van der Waals surface area contributed by atoms with Crippen molar-refractivity contribution in [3.05, 3.63) is 36.4 Å². The number of rotatable bonds is 3. The lowest BCUT2D eigenvalue weighted by molar-refractivity contribution is -0.142. The molecule has 1 aromatic carbocycles. The molecule has 25 heavy (non-hydrogen) atoms. The van der Waals surface area contributed by atoms with E-state index in [-0.39, 0.29) is 18.3 Å². The number of amides is 1. The van der Waals surface area contributed by atoms with Crippen molar-refractivity contribution in [1.82, 2.24) is 15.0 Å². The van der Waals surface area contributed by atoms with Crippen molar-refractivity contribution >= 4 is 33.3 Å². The van der Waals surface area contributed by atoms with Crippen molar-refractivity contribution in [3.63, 3.8) is 0 Å². The highest BCUT2D eigenvalue weighted by molar-refractivity contribution is 7.19. The molecule has 1 aliphatic rings. The Bertz CT molecular complexity index is 1020. The Kier molecular flexibility index (Phi) is 3.52. The van der Waals surface area contributed by atoms with Crippen molar-refractivity contribution in [1.29, 1.82) is 0 Å². The molecule has 1 unspecified atom stereocenters. The van der Waals surface area contributed by atoms with E-state index in [9.17, 15) is 4.79 Å². The smallest absolute Gasteiger partial charge is 0.257 e. The lowest BCUT2D eigenvalue weighted by Gasteiger charge is -2.21. The number of fused-ring (bicyclic) bond motifs is 1. The van der Waals surface area contributed by atoms with Crippen LogP contribution in [0, 0.1) is 6.85 Å². The van der Waals surface area contributed by atoms with Gasteiger partial charge in [0.25, 0.3) is 5.91 Å². The molecule has 2 aromatic heterocycles. The predicted molar refractivity (Wildman–Crippen MR) is 94.6 cm³/mol. The molecule has 1 atom stereocenters. The topological polar surface area (TPSA) is 86.2 Å². The molecule has 1 amide bonds. The molecule has 1 N–H and O–H groups in total. The molecule has 0 aliphatic carbocycles. The van der Waals surface area contributed by atoms with Gasteiger partial charge in [0.2, 0.25) is 0 Å². The number of carbonyl (C=O) groups is 1. The molecule has 1 saturated heterocycles. The van der Waals surface area contributed by atoms with Gasteiger partial charge in [-0.15, -0.1) is 0 Å². The molecular formula is C17H16N4O3S. The number of benzene rings is 1. The lowest BCUT2D eigenvalue weighted by atomic mass is 10.1. The summed E-state index contributed by atoms with van der Waals surface area (Å²) in [6.45, 7) is -1.27. The monoisotopic (exact) mass is 359 g/mol. The fraction of sp³-hybridized carbons (Fsp3) is 0.294. The van der Waals surface area contributed by atoms with E-state index < -0.39 is 13.0 Å². The first-order chi connectivity index (χ1) is 13.4. The summed E-state index contributed by atoms with van der Waals surface area (Å²) < 4.78 is 33.0. The quantitative estimate of drug-likeness (QED) is 0.773. The van der Waals surface area contributed by atoms with E-state index in [1.165, 1.54) is 17.5 Å². The van der Waals surface area contributed by atoms with Crippen LogP contribution in [-0.4, -0.2) is 46.8 Å². The van der Waals surface area contributed by atoms with E-state index >= 15 is 0 Å². The second kappa shape index (κ2) is 6.83. The Morgan fingerprint density at radius 2 is 2.32 bits per heavy atom. The normalized spacial score (nSPS) is 19.8. The molecular weight excluding hydrogens is 340 g/mol. The molecule has 128 valence electrons. The van der Waals surface area contributed by atoms with Crippen molar-refractivity contribution in [2.45, 2.75) is 13.0 Å². The fourth-order valence-corrected chi connectivity index (χ4v) is 3.28. The number of ether oxygens (including phenoxy) is 2. The Morgan fingerprint density at radius 1 is 1.36 bits per heavy atom. The molecule has 3 heterocycles. The zero-order valence-electron chi connectivity index (χ0n) is 16.1. The average molecular weight is 359 g/mol. The molecule has 1 aliphatic heterocycles. The number of hydrogen-bond donors (Lipinski definition) is 1. The van der Waals surface area contributed by atoms with E-state index in [0.717, 1.165) is 15.8 Å². The van der Waals surface area contributed by atoms with Crippen molar-refractivity contribution in [3.8, 4) is 10.4 Å². The second-order valence-corrected chi connectivity index (χ2v) is 6.45. The van der Waals surface area contributed by atoms with Gasteiger partial charge in [0.15, 0.2) is 11.2 Å². The molecule has 1 fully saturated rings. The van der Waals surface area contributed by atoms with Crippen LogP contribution >= 0.6 is 11.3 Å². The Morgan fingerprint density at radius 3 is 3.16 bits per heavy atom. The van der Waals surface area contributed by atoms with Crippen LogP contribution in [0.15, 0.2) is 30.6 Å². The minimum atomic E-state index is -2.36. The Balaban J connectivity index is 1.55. The molecule has 0 saturated carbocycles. The average Bonchev–Trinajstić information content (AvgIpc) is 3.15. The van der Waals surface area contributed by atoms with Crippen molar-refractivity contribution in [2.24, 2.45) is 0 Å². The highest BCUT2D eigenvalue weighted by Crippen LogP contribution is 2.30. The van der Waals surface area contributed by atoms with Gasteiger partial charge in [-0.25, -0.2) is 15.0 Å². The van der Waals surface area contributed by atoms with Crippen molar-refractivity contribution in [2.75, 3.05) is 25.1 Å². The molecule has 4 rings (SSSR count). The largest absolute Gasteiger partial charge is 0.376 e. The first-order valence-electron chi connectivity index (χ1n) is 9.14. The third kappa shape index (κ3) is 3.51. The van der Waals surface area contributed by atoms with Crippen LogP contribution in [0.25, 0.3) is 21.3 Å². The van der Waals surface area contributed by atoms with Gasteiger partial charge < -0.3 is 9.47 Å². The number of aromatic nitrogens is 3. The maximum absolute atomic E-state index is 12.2. The number of anilines is 1. The third-order valence-electron chi connectivity index (χ3n) is 3.71. The van der Waals surface area contributed by atoms with Crippen LogP contribution < -0.4 is 5.32 Å². The van der Waals surface area contributed by atoms with Gasteiger partial charge >= 0.3 is 0 Å². The summed E-state index contributed by atoms with van der Waals surface area (Å²) in [6, 6.07) is 5.47. The zero-order chi connectivity index (χ0) is 19.7. The number of thiazole rings is 1.